The monoisotopic (exact) mass is 389 g/mol. The van der Waals surface area contributed by atoms with Crippen LogP contribution in [0, 0.1) is 0 Å². The Hall–Kier alpha value is -3.00. The number of aromatic nitrogens is 2. The average molecular weight is 390 g/mol. The van der Waals surface area contributed by atoms with E-state index >= 15 is 0 Å². The molecule has 1 aromatic heterocycles. The number of nitrogens with zero attached hydrogens (tertiary/aromatic N) is 2. The fourth-order valence-corrected chi connectivity index (χ4v) is 2.67. The molecule has 1 aromatic carbocycles. The van der Waals surface area contributed by atoms with Crippen molar-refractivity contribution in [3.8, 4) is 11.1 Å². The van der Waals surface area contributed by atoms with Crippen LogP contribution in [0.2, 0.25) is 5.02 Å². The van der Waals surface area contributed by atoms with Crippen molar-refractivity contribution in [1.82, 2.24) is 9.97 Å². The molecule has 0 saturated carbocycles. The van der Waals surface area contributed by atoms with Crippen molar-refractivity contribution < 1.29 is 14.4 Å². The third kappa shape index (κ3) is 5.24. The first-order chi connectivity index (χ1) is 12.7. The molecule has 3 amide bonds. The van der Waals surface area contributed by atoms with Gasteiger partial charge in [0.05, 0.1) is 16.4 Å². The lowest BCUT2D eigenvalue weighted by molar-refractivity contribution is -0.115. The minimum atomic E-state index is -0.321. The van der Waals surface area contributed by atoms with Crippen molar-refractivity contribution in [2.45, 2.75) is 34.1 Å². The number of nitrogens with one attached hydrogen (secondary N) is 3. The smallest absolute Gasteiger partial charge is 0.231 e. The number of hydrogen-bond acceptors (Lipinski definition) is 5. The van der Waals surface area contributed by atoms with Crippen LogP contribution in [0.5, 0.6) is 0 Å². The van der Waals surface area contributed by atoms with Gasteiger partial charge in [0.1, 0.15) is 5.82 Å². The van der Waals surface area contributed by atoms with E-state index in [2.05, 4.69) is 25.9 Å². The number of amides is 3. The lowest BCUT2D eigenvalue weighted by atomic mass is 10.0. The van der Waals surface area contributed by atoms with Gasteiger partial charge >= 0.3 is 0 Å². The Morgan fingerprint density at radius 2 is 1.59 bits per heavy atom. The molecule has 142 valence electrons. The van der Waals surface area contributed by atoms with E-state index in [1.54, 1.807) is 18.2 Å². The first-order valence-electron chi connectivity index (χ1n) is 8.24. The highest BCUT2D eigenvalue weighted by Crippen LogP contribution is 2.35. The van der Waals surface area contributed by atoms with Gasteiger partial charge in [-0.25, -0.2) is 4.98 Å². The van der Waals surface area contributed by atoms with E-state index in [-0.39, 0.29) is 29.5 Å². The number of benzene rings is 1. The SMILES string of the molecule is CCc1nc(NC(C)=O)nc(NC(C)=O)c1-c1ccc(Cl)c(NC(C)=O)c1. The summed E-state index contributed by atoms with van der Waals surface area (Å²) in [5, 5.41) is 8.24. The molecule has 0 radical (unpaired) electrons. The maximum absolute atomic E-state index is 11.7. The zero-order valence-corrected chi connectivity index (χ0v) is 16.2. The summed E-state index contributed by atoms with van der Waals surface area (Å²) in [6, 6.07) is 5.07. The van der Waals surface area contributed by atoms with Crippen molar-refractivity contribution in [3.63, 3.8) is 0 Å². The fraction of sp³-hybridized carbons (Fsp3) is 0.278. The summed E-state index contributed by atoms with van der Waals surface area (Å²) in [5.74, 6) is -0.541. The van der Waals surface area contributed by atoms with Gasteiger partial charge < -0.3 is 10.6 Å². The molecule has 0 aliphatic carbocycles. The molecule has 2 rings (SSSR count). The van der Waals surface area contributed by atoms with E-state index < -0.39 is 0 Å². The highest BCUT2D eigenvalue weighted by Gasteiger charge is 2.18. The normalized spacial score (nSPS) is 10.3. The van der Waals surface area contributed by atoms with E-state index in [4.69, 9.17) is 11.6 Å². The fourth-order valence-electron chi connectivity index (χ4n) is 2.50. The minimum absolute atomic E-state index is 0.0999. The van der Waals surface area contributed by atoms with E-state index in [1.165, 1.54) is 20.8 Å². The number of carbonyl (C=O) groups is 3. The van der Waals surface area contributed by atoms with Gasteiger partial charge in [0.15, 0.2) is 0 Å². The molecule has 0 aliphatic rings. The predicted molar refractivity (Wildman–Crippen MR) is 105 cm³/mol. The highest BCUT2D eigenvalue weighted by atomic mass is 35.5. The van der Waals surface area contributed by atoms with Crippen LogP contribution in [0.25, 0.3) is 11.1 Å². The van der Waals surface area contributed by atoms with Gasteiger partial charge in [0, 0.05) is 26.3 Å². The van der Waals surface area contributed by atoms with Gasteiger partial charge in [-0.2, -0.15) is 4.98 Å². The summed E-state index contributed by atoms with van der Waals surface area (Å²) in [4.78, 5) is 43.0. The van der Waals surface area contributed by atoms with Crippen molar-refractivity contribution in [2.24, 2.45) is 0 Å². The van der Waals surface area contributed by atoms with Gasteiger partial charge in [0.25, 0.3) is 0 Å². The molecule has 0 bridgehead atoms. The summed E-state index contributed by atoms with van der Waals surface area (Å²) < 4.78 is 0. The Labute approximate surface area is 161 Å². The second-order valence-electron chi connectivity index (χ2n) is 5.81. The van der Waals surface area contributed by atoms with E-state index in [0.29, 0.717) is 34.0 Å². The van der Waals surface area contributed by atoms with Crippen LogP contribution in [0.3, 0.4) is 0 Å². The molecule has 0 unspecified atom stereocenters. The number of aryl methyl sites for hydroxylation is 1. The third-order valence-electron chi connectivity index (χ3n) is 3.47. The molecule has 2 aromatic rings. The first kappa shape index (κ1) is 20.3. The largest absolute Gasteiger partial charge is 0.325 e. The van der Waals surface area contributed by atoms with Crippen LogP contribution in [-0.4, -0.2) is 27.7 Å². The molecule has 0 aliphatic heterocycles. The zero-order valence-electron chi connectivity index (χ0n) is 15.4. The summed E-state index contributed by atoms with van der Waals surface area (Å²) >= 11 is 6.14. The standard InChI is InChI=1S/C18H20ClN5O3/c1-5-14-16(12-6-7-13(19)15(8-12)20-9(2)25)17(21-10(3)26)24-18(23-14)22-11(4)27/h6-8H,5H2,1-4H3,(H,20,25)(H2,21,22,23,24,26,27). The Morgan fingerprint density at radius 1 is 0.963 bits per heavy atom. The summed E-state index contributed by atoms with van der Waals surface area (Å²) in [6.07, 6.45) is 0.523. The van der Waals surface area contributed by atoms with E-state index in [1.807, 2.05) is 6.92 Å². The molecule has 9 heteroatoms. The van der Waals surface area contributed by atoms with Crippen LogP contribution >= 0.6 is 11.6 Å². The summed E-state index contributed by atoms with van der Waals surface area (Å²) in [7, 11) is 0. The Bertz CT molecular complexity index is 914. The maximum atomic E-state index is 11.7. The number of halogens is 1. The van der Waals surface area contributed by atoms with Gasteiger partial charge in [-0.15, -0.1) is 0 Å². The van der Waals surface area contributed by atoms with Crippen molar-refractivity contribution in [3.05, 3.63) is 28.9 Å². The lowest BCUT2D eigenvalue weighted by Crippen LogP contribution is -2.16. The number of hydrogen-bond donors (Lipinski definition) is 3. The molecular formula is C18H20ClN5O3. The van der Waals surface area contributed by atoms with Gasteiger partial charge in [0.2, 0.25) is 23.7 Å². The minimum Gasteiger partial charge on any atom is -0.325 e. The summed E-state index contributed by atoms with van der Waals surface area (Å²) in [5.41, 5.74) is 2.31. The predicted octanol–water partition coefficient (Wildman–Crippen LogP) is 3.23. The molecule has 1 heterocycles. The molecule has 3 N–H and O–H groups in total. The van der Waals surface area contributed by atoms with Gasteiger partial charge in [-0.3, -0.25) is 19.7 Å². The molecular weight excluding hydrogens is 370 g/mol. The highest BCUT2D eigenvalue weighted by molar-refractivity contribution is 6.33. The van der Waals surface area contributed by atoms with Crippen LogP contribution < -0.4 is 16.0 Å². The van der Waals surface area contributed by atoms with Crippen LogP contribution in [0.4, 0.5) is 17.5 Å². The van der Waals surface area contributed by atoms with E-state index in [0.717, 1.165) is 0 Å². The van der Waals surface area contributed by atoms with Gasteiger partial charge in [-0.1, -0.05) is 24.6 Å². The van der Waals surface area contributed by atoms with Crippen LogP contribution in [0.15, 0.2) is 18.2 Å². The number of rotatable bonds is 5. The second-order valence-corrected chi connectivity index (χ2v) is 6.22. The lowest BCUT2D eigenvalue weighted by Gasteiger charge is -2.16. The van der Waals surface area contributed by atoms with Crippen molar-refractivity contribution >= 4 is 46.8 Å². The van der Waals surface area contributed by atoms with Crippen molar-refractivity contribution in [2.75, 3.05) is 16.0 Å². The first-order valence-corrected chi connectivity index (χ1v) is 8.62. The molecule has 0 atom stereocenters. The zero-order chi connectivity index (χ0) is 20.1. The van der Waals surface area contributed by atoms with Crippen LogP contribution in [0.1, 0.15) is 33.4 Å². The molecule has 0 fully saturated rings. The average Bonchev–Trinajstić information content (AvgIpc) is 2.55. The molecule has 27 heavy (non-hydrogen) atoms. The Kier molecular flexibility index (Phi) is 6.46. The summed E-state index contributed by atoms with van der Waals surface area (Å²) in [6.45, 7) is 5.99. The van der Waals surface area contributed by atoms with Gasteiger partial charge in [-0.05, 0) is 24.1 Å². The Balaban J connectivity index is 2.68. The van der Waals surface area contributed by atoms with Crippen molar-refractivity contribution in [1.29, 1.82) is 0 Å². The molecule has 0 spiro atoms. The number of carbonyl (C=O) groups excluding carboxylic acids is 3. The van der Waals surface area contributed by atoms with E-state index in [9.17, 15) is 14.4 Å². The molecule has 8 nitrogen and oxygen atoms in total. The third-order valence-corrected chi connectivity index (χ3v) is 3.80. The molecule has 0 saturated heterocycles. The number of anilines is 3. The Morgan fingerprint density at radius 3 is 2.15 bits per heavy atom. The second kappa shape index (κ2) is 8.59. The maximum Gasteiger partial charge on any atom is 0.231 e. The van der Waals surface area contributed by atoms with Crippen LogP contribution in [-0.2, 0) is 20.8 Å². The topological polar surface area (TPSA) is 113 Å². The quantitative estimate of drug-likeness (QED) is 0.726.